The number of fused-ring (bicyclic) bond motifs is 1. The summed E-state index contributed by atoms with van der Waals surface area (Å²) in [7, 11) is 0. The van der Waals surface area contributed by atoms with Gasteiger partial charge in [0, 0.05) is 5.39 Å². The molecule has 0 nitrogen and oxygen atoms in total. The lowest BCUT2D eigenvalue weighted by molar-refractivity contribution is 0.376. The molecule has 0 N–H and O–H groups in total. The molecular formula is C20H23F. The first-order chi connectivity index (χ1) is 10.2. The summed E-state index contributed by atoms with van der Waals surface area (Å²) < 4.78 is 14.3. The van der Waals surface area contributed by atoms with Crippen LogP contribution in [0.5, 0.6) is 0 Å². The highest BCUT2D eigenvalue weighted by atomic mass is 19.1. The fourth-order valence-electron chi connectivity index (χ4n) is 3.57. The van der Waals surface area contributed by atoms with Crippen molar-refractivity contribution < 1.29 is 4.39 Å². The van der Waals surface area contributed by atoms with Gasteiger partial charge in [-0.05, 0) is 60.5 Å². The fraction of sp³-hybridized carbons (Fsp3) is 0.400. The molecule has 0 spiro atoms. The molecule has 1 saturated carbocycles. The molecule has 3 rings (SSSR count). The second kappa shape index (κ2) is 6.01. The normalized spacial score (nSPS) is 22.4. The van der Waals surface area contributed by atoms with E-state index in [1.807, 2.05) is 19.1 Å². The minimum absolute atomic E-state index is 0.0445. The summed E-state index contributed by atoms with van der Waals surface area (Å²) in [6.07, 6.45) is 7.74. The van der Waals surface area contributed by atoms with Crippen LogP contribution in [0.3, 0.4) is 0 Å². The number of allylic oxidation sites excluding steroid dienone is 1. The van der Waals surface area contributed by atoms with E-state index in [0.29, 0.717) is 11.8 Å². The van der Waals surface area contributed by atoms with E-state index in [9.17, 15) is 4.39 Å². The molecular weight excluding hydrogens is 259 g/mol. The SMILES string of the molecule is C=CC1CCC(c2ccc3c(F)c(CC)ccc3c2)CC1. The van der Waals surface area contributed by atoms with Crippen LogP contribution in [-0.4, -0.2) is 0 Å². The van der Waals surface area contributed by atoms with Crippen molar-refractivity contribution in [2.75, 3.05) is 0 Å². The predicted octanol–water partition coefficient (Wildman–Crippen LogP) is 6.00. The number of aryl methyl sites for hydroxylation is 1. The van der Waals surface area contributed by atoms with Crippen LogP contribution in [0.15, 0.2) is 43.0 Å². The Morgan fingerprint density at radius 3 is 2.57 bits per heavy atom. The predicted molar refractivity (Wildman–Crippen MR) is 88.2 cm³/mol. The van der Waals surface area contributed by atoms with Gasteiger partial charge in [-0.1, -0.05) is 43.3 Å². The van der Waals surface area contributed by atoms with E-state index in [1.165, 1.54) is 31.2 Å². The quantitative estimate of drug-likeness (QED) is 0.605. The van der Waals surface area contributed by atoms with Gasteiger partial charge >= 0.3 is 0 Å². The highest BCUT2D eigenvalue weighted by molar-refractivity contribution is 5.84. The topological polar surface area (TPSA) is 0 Å². The molecule has 2 aromatic rings. The van der Waals surface area contributed by atoms with Gasteiger partial charge in [-0.15, -0.1) is 6.58 Å². The number of hydrogen-bond donors (Lipinski definition) is 0. The van der Waals surface area contributed by atoms with Crippen LogP contribution < -0.4 is 0 Å². The first-order valence-corrected chi connectivity index (χ1v) is 8.06. The van der Waals surface area contributed by atoms with Crippen molar-refractivity contribution in [3.63, 3.8) is 0 Å². The monoisotopic (exact) mass is 282 g/mol. The highest BCUT2D eigenvalue weighted by Crippen LogP contribution is 2.37. The third-order valence-corrected chi connectivity index (χ3v) is 5.02. The van der Waals surface area contributed by atoms with Crippen molar-refractivity contribution in [1.82, 2.24) is 0 Å². The van der Waals surface area contributed by atoms with Crippen LogP contribution in [0.4, 0.5) is 4.39 Å². The van der Waals surface area contributed by atoms with Crippen LogP contribution in [0.1, 0.15) is 49.7 Å². The van der Waals surface area contributed by atoms with Crippen LogP contribution in [0.25, 0.3) is 10.8 Å². The third-order valence-electron chi connectivity index (χ3n) is 5.02. The zero-order valence-corrected chi connectivity index (χ0v) is 12.7. The molecule has 0 unspecified atom stereocenters. The van der Waals surface area contributed by atoms with Gasteiger partial charge in [0.05, 0.1) is 0 Å². The average molecular weight is 282 g/mol. The molecule has 0 aliphatic heterocycles. The number of rotatable bonds is 3. The molecule has 0 radical (unpaired) electrons. The Kier molecular flexibility index (Phi) is 4.10. The molecule has 1 aliphatic carbocycles. The van der Waals surface area contributed by atoms with Gasteiger partial charge in [0.2, 0.25) is 0 Å². The maximum absolute atomic E-state index is 14.3. The zero-order valence-electron chi connectivity index (χ0n) is 12.7. The summed E-state index contributed by atoms with van der Waals surface area (Å²) in [5.74, 6) is 1.27. The van der Waals surface area contributed by atoms with Gasteiger partial charge in [0.25, 0.3) is 0 Å². The Morgan fingerprint density at radius 2 is 1.90 bits per heavy atom. The molecule has 0 bridgehead atoms. The molecule has 21 heavy (non-hydrogen) atoms. The summed E-state index contributed by atoms with van der Waals surface area (Å²) in [6.45, 7) is 5.90. The molecule has 0 saturated heterocycles. The van der Waals surface area contributed by atoms with Crippen LogP contribution >= 0.6 is 0 Å². The second-order valence-electron chi connectivity index (χ2n) is 6.22. The zero-order chi connectivity index (χ0) is 14.8. The minimum Gasteiger partial charge on any atom is -0.206 e. The lowest BCUT2D eigenvalue weighted by atomic mass is 9.78. The van der Waals surface area contributed by atoms with Crippen molar-refractivity contribution in [3.8, 4) is 0 Å². The van der Waals surface area contributed by atoms with E-state index >= 15 is 0 Å². The number of benzene rings is 2. The first kappa shape index (κ1) is 14.3. The molecule has 110 valence electrons. The standard InChI is InChI=1S/C20H23F/c1-3-14-5-7-16(8-6-14)17-11-12-19-18(13-17)10-9-15(4-2)20(19)21/h3,9-14,16H,1,4-8H2,2H3. The molecule has 0 heterocycles. The number of hydrogen-bond acceptors (Lipinski definition) is 0. The van der Waals surface area contributed by atoms with E-state index in [2.05, 4.69) is 30.9 Å². The van der Waals surface area contributed by atoms with Crippen molar-refractivity contribution in [1.29, 1.82) is 0 Å². The van der Waals surface area contributed by atoms with Crippen molar-refractivity contribution in [3.05, 3.63) is 59.9 Å². The summed E-state index contributed by atoms with van der Waals surface area (Å²) in [6, 6.07) is 10.3. The maximum Gasteiger partial charge on any atom is 0.134 e. The van der Waals surface area contributed by atoms with E-state index < -0.39 is 0 Å². The molecule has 0 atom stereocenters. The third kappa shape index (κ3) is 2.74. The van der Waals surface area contributed by atoms with Gasteiger partial charge in [-0.25, -0.2) is 4.39 Å². The fourth-order valence-corrected chi connectivity index (χ4v) is 3.57. The molecule has 1 fully saturated rings. The lowest BCUT2D eigenvalue weighted by Gasteiger charge is -2.27. The Bertz CT molecular complexity index is 648. The molecule has 0 aromatic heterocycles. The summed E-state index contributed by atoms with van der Waals surface area (Å²) in [5.41, 5.74) is 2.18. The Labute approximate surface area is 126 Å². The van der Waals surface area contributed by atoms with E-state index in [-0.39, 0.29) is 5.82 Å². The van der Waals surface area contributed by atoms with Crippen LogP contribution in [-0.2, 0) is 6.42 Å². The largest absolute Gasteiger partial charge is 0.206 e. The van der Waals surface area contributed by atoms with E-state index in [4.69, 9.17) is 0 Å². The molecule has 1 heteroatoms. The summed E-state index contributed by atoms with van der Waals surface area (Å²) >= 11 is 0. The Balaban J connectivity index is 1.90. The maximum atomic E-state index is 14.3. The average Bonchev–Trinajstić information content (AvgIpc) is 2.55. The second-order valence-corrected chi connectivity index (χ2v) is 6.22. The Hall–Kier alpha value is -1.63. The Morgan fingerprint density at radius 1 is 1.14 bits per heavy atom. The molecule has 2 aromatic carbocycles. The van der Waals surface area contributed by atoms with Crippen molar-refractivity contribution in [2.45, 2.75) is 44.9 Å². The first-order valence-electron chi connectivity index (χ1n) is 8.06. The minimum atomic E-state index is -0.0445. The smallest absolute Gasteiger partial charge is 0.134 e. The van der Waals surface area contributed by atoms with Gasteiger partial charge in [0.1, 0.15) is 5.82 Å². The van der Waals surface area contributed by atoms with Gasteiger partial charge in [-0.3, -0.25) is 0 Å². The van der Waals surface area contributed by atoms with E-state index in [1.54, 1.807) is 0 Å². The van der Waals surface area contributed by atoms with Crippen LogP contribution in [0, 0.1) is 11.7 Å². The highest BCUT2D eigenvalue weighted by Gasteiger charge is 2.21. The molecule has 1 aliphatic rings. The summed E-state index contributed by atoms with van der Waals surface area (Å²) in [4.78, 5) is 0. The van der Waals surface area contributed by atoms with Crippen molar-refractivity contribution in [2.24, 2.45) is 5.92 Å². The number of halogens is 1. The van der Waals surface area contributed by atoms with Gasteiger partial charge < -0.3 is 0 Å². The van der Waals surface area contributed by atoms with Crippen molar-refractivity contribution >= 4 is 10.8 Å². The van der Waals surface area contributed by atoms with E-state index in [0.717, 1.165) is 22.8 Å². The summed E-state index contributed by atoms with van der Waals surface area (Å²) in [5, 5.41) is 1.80. The van der Waals surface area contributed by atoms with Gasteiger partial charge in [-0.2, -0.15) is 0 Å². The van der Waals surface area contributed by atoms with Crippen LogP contribution in [0.2, 0.25) is 0 Å². The van der Waals surface area contributed by atoms with Gasteiger partial charge in [0.15, 0.2) is 0 Å². The lowest BCUT2D eigenvalue weighted by Crippen LogP contribution is -2.11. The molecule has 0 amide bonds.